The van der Waals surface area contributed by atoms with Crippen LogP contribution in [-0.2, 0) is 17.8 Å². The van der Waals surface area contributed by atoms with Crippen molar-refractivity contribution in [1.29, 1.82) is 0 Å². The maximum absolute atomic E-state index is 12.7. The van der Waals surface area contributed by atoms with Crippen molar-refractivity contribution in [2.45, 2.75) is 39.2 Å². The van der Waals surface area contributed by atoms with E-state index < -0.39 is 6.43 Å². The fourth-order valence-electron chi connectivity index (χ4n) is 3.53. The zero-order valence-electron chi connectivity index (χ0n) is 17.8. The topological polar surface area (TPSA) is 105 Å². The number of allylic oxidation sites excluding steroid dienone is 1. The Bertz CT molecular complexity index is 1010. The molecule has 0 bridgehead atoms. The number of carbonyl (C=O) groups is 1. The van der Waals surface area contributed by atoms with Gasteiger partial charge in [-0.15, -0.1) is 0 Å². The summed E-state index contributed by atoms with van der Waals surface area (Å²) in [5.41, 5.74) is 6.20. The number of alkyl halides is 2. The maximum Gasteiger partial charge on any atom is 0.280 e. The standard InChI is InChI=1S/C22H26F2N6O2/c1-13(29-25)19(28-17-4-5-18(21(23)24)26-10-17)12-32-20-8-15-6-7-30(11-16(15)9-27-20)22(31)14-2-3-14/h4-5,8-10,14,21,28-29H,2-3,6-7,11-12,25H2,1H3/b19-13-. The Kier molecular flexibility index (Phi) is 6.50. The predicted octanol–water partition coefficient (Wildman–Crippen LogP) is 2.89. The van der Waals surface area contributed by atoms with Crippen LogP contribution < -0.4 is 21.3 Å². The first kappa shape index (κ1) is 21.9. The summed E-state index contributed by atoms with van der Waals surface area (Å²) < 4.78 is 31.3. The summed E-state index contributed by atoms with van der Waals surface area (Å²) in [4.78, 5) is 22.4. The summed E-state index contributed by atoms with van der Waals surface area (Å²) in [6.07, 6.45) is 3.23. The molecule has 1 aliphatic heterocycles. The highest BCUT2D eigenvalue weighted by molar-refractivity contribution is 5.81. The van der Waals surface area contributed by atoms with Gasteiger partial charge in [-0.25, -0.2) is 13.8 Å². The number of amides is 1. The van der Waals surface area contributed by atoms with Gasteiger partial charge in [0.1, 0.15) is 12.3 Å². The zero-order valence-corrected chi connectivity index (χ0v) is 17.8. The van der Waals surface area contributed by atoms with Crippen LogP contribution in [0.25, 0.3) is 0 Å². The Morgan fingerprint density at radius 1 is 1.28 bits per heavy atom. The van der Waals surface area contributed by atoms with Crippen LogP contribution in [0.3, 0.4) is 0 Å². The van der Waals surface area contributed by atoms with Crippen molar-refractivity contribution in [3.05, 3.63) is 58.8 Å². The molecular weight excluding hydrogens is 418 g/mol. The SMILES string of the molecule is C/C(NN)=C(\COc1cc2c(cn1)CN(C(=O)C1CC1)CC2)Nc1ccc(C(F)F)nc1. The maximum atomic E-state index is 12.7. The lowest BCUT2D eigenvalue weighted by Gasteiger charge is -2.29. The third-order valence-corrected chi connectivity index (χ3v) is 5.65. The van der Waals surface area contributed by atoms with E-state index in [9.17, 15) is 13.6 Å². The second-order valence-corrected chi connectivity index (χ2v) is 8.01. The first-order valence-corrected chi connectivity index (χ1v) is 10.5. The Morgan fingerprint density at radius 2 is 2.09 bits per heavy atom. The van der Waals surface area contributed by atoms with Gasteiger partial charge in [0, 0.05) is 37.0 Å². The van der Waals surface area contributed by atoms with Gasteiger partial charge in [-0.1, -0.05) is 0 Å². The second kappa shape index (κ2) is 9.47. The van der Waals surface area contributed by atoms with Crippen molar-refractivity contribution >= 4 is 11.6 Å². The van der Waals surface area contributed by atoms with Crippen LogP contribution in [0.5, 0.6) is 5.88 Å². The van der Waals surface area contributed by atoms with E-state index in [2.05, 4.69) is 20.7 Å². The lowest BCUT2D eigenvalue weighted by molar-refractivity contribution is -0.133. The number of hydrazine groups is 1. The van der Waals surface area contributed by atoms with Crippen molar-refractivity contribution in [2.24, 2.45) is 11.8 Å². The minimum Gasteiger partial charge on any atom is -0.471 e. The van der Waals surface area contributed by atoms with Crippen molar-refractivity contribution < 1.29 is 18.3 Å². The van der Waals surface area contributed by atoms with Crippen LogP contribution in [0, 0.1) is 5.92 Å². The van der Waals surface area contributed by atoms with Gasteiger partial charge in [-0.3, -0.25) is 15.6 Å². The van der Waals surface area contributed by atoms with Crippen LogP contribution in [0.15, 0.2) is 42.0 Å². The second-order valence-electron chi connectivity index (χ2n) is 8.01. The van der Waals surface area contributed by atoms with Crippen LogP contribution >= 0.6 is 0 Å². The van der Waals surface area contributed by atoms with E-state index in [-0.39, 0.29) is 24.1 Å². The van der Waals surface area contributed by atoms with E-state index in [0.717, 1.165) is 30.4 Å². The number of hydrogen-bond acceptors (Lipinski definition) is 7. The van der Waals surface area contributed by atoms with Crippen LogP contribution in [0.1, 0.15) is 43.0 Å². The fourth-order valence-corrected chi connectivity index (χ4v) is 3.53. The third-order valence-electron chi connectivity index (χ3n) is 5.65. The summed E-state index contributed by atoms with van der Waals surface area (Å²) in [6.45, 7) is 3.18. The van der Waals surface area contributed by atoms with Crippen LogP contribution in [-0.4, -0.2) is 33.9 Å². The van der Waals surface area contributed by atoms with Gasteiger partial charge in [0.05, 0.1) is 17.6 Å². The highest BCUT2D eigenvalue weighted by Crippen LogP contribution is 2.33. The summed E-state index contributed by atoms with van der Waals surface area (Å²) >= 11 is 0. The average molecular weight is 444 g/mol. The van der Waals surface area contributed by atoms with Crippen molar-refractivity contribution in [3.63, 3.8) is 0 Å². The Labute approximate surface area is 184 Å². The highest BCUT2D eigenvalue weighted by atomic mass is 19.3. The quantitative estimate of drug-likeness (QED) is 0.425. The molecule has 0 saturated heterocycles. The highest BCUT2D eigenvalue weighted by Gasteiger charge is 2.34. The zero-order chi connectivity index (χ0) is 22.7. The first-order chi connectivity index (χ1) is 15.4. The molecule has 8 nitrogen and oxygen atoms in total. The van der Waals surface area contributed by atoms with Crippen LogP contribution in [0.2, 0.25) is 0 Å². The minimum atomic E-state index is -2.62. The molecule has 1 fully saturated rings. The van der Waals surface area contributed by atoms with E-state index >= 15 is 0 Å². The summed E-state index contributed by atoms with van der Waals surface area (Å²) in [5, 5.41) is 3.10. The molecule has 0 radical (unpaired) electrons. The molecule has 1 aliphatic carbocycles. The largest absolute Gasteiger partial charge is 0.471 e. The monoisotopic (exact) mass is 444 g/mol. The van der Waals surface area contributed by atoms with Gasteiger partial charge in [-0.05, 0) is 49.4 Å². The van der Waals surface area contributed by atoms with Crippen LogP contribution in [0.4, 0.5) is 14.5 Å². The number of nitrogens with two attached hydrogens (primary N) is 1. The third kappa shape index (κ3) is 5.13. The average Bonchev–Trinajstić information content (AvgIpc) is 3.66. The van der Waals surface area contributed by atoms with Crippen molar-refractivity contribution in [3.8, 4) is 5.88 Å². The van der Waals surface area contributed by atoms with Gasteiger partial charge >= 0.3 is 0 Å². The number of fused-ring (bicyclic) bond motifs is 1. The molecule has 2 aliphatic rings. The number of nitrogens with one attached hydrogen (secondary N) is 2. The lowest BCUT2D eigenvalue weighted by Crippen LogP contribution is -2.37. The molecule has 4 N–H and O–H groups in total. The van der Waals surface area contributed by atoms with E-state index in [1.165, 1.54) is 18.3 Å². The predicted molar refractivity (Wildman–Crippen MR) is 114 cm³/mol. The van der Waals surface area contributed by atoms with Gasteiger partial charge < -0.3 is 20.4 Å². The number of aromatic nitrogens is 2. The molecule has 0 aromatic carbocycles. The van der Waals surface area contributed by atoms with Gasteiger partial charge in [-0.2, -0.15) is 0 Å². The number of ether oxygens (including phenoxy) is 1. The molecule has 0 spiro atoms. The Morgan fingerprint density at radius 3 is 2.75 bits per heavy atom. The number of rotatable bonds is 8. The molecule has 4 rings (SSSR count). The molecule has 0 unspecified atom stereocenters. The number of nitrogens with zero attached hydrogens (tertiary/aromatic N) is 3. The molecule has 10 heteroatoms. The number of carbonyl (C=O) groups excluding carboxylic acids is 1. The van der Waals surface area contributed by atoms with Crippen molar-refractivity contribution in [1.82, 2.24) is 20.3 Å². The minimum absolute atomic E-state index is 0.130. The lowest BCUT2D eigenvalue weighted by atomic mass is 10.0. The molecule has 2 aromatic heterocycles. The summed E-state index contributed by atoms with van der Waals surface area (Å²) in [7, 11) is 0. The number of pyridine rings is 2. The first-order valence-electron chi connectivity index (χ1n) is 10.5. The molecule has 0 atom stereocenters. The van der Waals surface area contributed by atoms with Crippen molar-refractivity contribution in [2.75, 3.05) is 18.5 Å². The molecule has 1 saturated carbocycles. The molecule has 32 heavy (non-hydrogen) atoms. The van der Waals surface area contributed by atoms with Gasteiger partial charge in [0.25, 0.3) is 6.43 Å². The van der Waals surface area contributed by atoms with Gasteiger partial charge in [0.2, 0.25) is 11.8 Å². The number of halogens is 2. The molecule has 3 heterocycles. The summed E-state index contributed by atoms with van der Waals surface area (Å²) in [5.74, 6) is 6.47. The molecular formula is C22H26F2N6O2. The van der Waals surface area contributed by atoms with E-state index in [1.807, 2.05) is 11.0 Å². The molecule has 170 valence electrons. The number of hydrogen-bond donors (Lipinski definition) is 3. The fraction of sp³-hybridized carbons (Fsp3) is 0.409. The number of anilines is 1. The Balaban J connectivity index is 1.40. The van der Waals surface area contributed by atoms with E-state index in [1.54, 1.807) is 13.1 Å². The van der Waals surface area contributed by atoms with Gasteiger partial charge in [0.15, 0.2) is 0 Å². The summed E-state index contributed by atoms with van der Waals surface area (Å²) in [6, 6.07) is 4.68. The van der Waals surface area contributed by atoms with E-state index in [4.69, 9.17) is 10.6 Å². The molecule has 2 aromatic rings. The Hall–Kier alpha value is -3.27. The van der Waals surface area contributed by atoms with E-state index in [0.29, 0.717) is 36.1 Å². The smallest absolute Gasteiger partial charge is 0.280 e. The normalized spacial score (nSPS) is 16.3. The molecule has 1 amide bonds.